The number of imidazole rings is 1. The lowest BCUT2D eigenvalue weighted by Crippen LogP contribution is -2.01. The SMILES string of the molecule is CCCc1cc(CCl)cc(-n2cnc3ccccc32)n1. The summed E-state index contributed by atoms with van der Waals surface area (Å²) < 4.78 is 2.02. The molecule has 0 atom stereocenters. The zero-order valence-electron chi connectivity index (χ0n) is 11.4. The second-order valence-electron chi connectivity index (χ2n) is 4.81. The number of rotatable bonds is 4. The molecule has 0 unspecified atom stereocenters. The number of alkyl halides is 1. The standard InChI is InChI=1S/C16H16ClN3/c1-2-5-13-8-12(10-17)9-16(19-13)20-11-18-14-6-3-4-7-15(14)20/h3-4,6-9,11H,2,5,10H2,1H3. The van der Waals surface area contributed by atoms with Crippen molar-refractivity contribution in [1.29, 1.82) is 0 Å². The Labute approximate surface area is 123 Å². The molecule has 1 aromatic carbocycles. The maximum Gasteiger partial charge on any atom is 0.138 e. The molecule has 0 N–H and O–H groups in total. The first-order valence-corrected chi connectivity index (χ1v) is 7.33. The van der Waals surface area contributed by atoms with E-state index in [1.54, 1.807) is 0 Å². The monoisotopic (exact) mass is 285 g/mol. The van der Waals surface area contributed by atoms with E-state index in [1.165, 1.54) is 0 Å². The van der Waals surface area contributed by atoms with Gasteiger partial charge in [-0.25, -0.2) is 9.97 Å². The van der Waals surface area contributed by atoms with Crippen LogP contribution in [-0.4, -0.2) is 14.5 Å². The Bertz CT molecular complexity index is 733. The van der Waals surface area contributed by atoms with Crippen LogP contribution in [0.15, 0.2) is 42.7 Å². The summed E-state index contributed by atoms with van der Waals surface area (Å²) >= 11 is 6.00. The number of nitrogens with zero attached hydrogens (tertiary/aromatic N) is 3. The number of hydrogen-bond donors (Lipinski definition) is 0. The van der Waals surface area contributed by atoms with E-state index in [1.807, 2.05) is 35.2 Å². The molecule has 0 aliphatic rings. The van der Waals surface area contributed by atoms with Crippen molar-refractivity contribution in [2.75, 3.05) is 0 Å². The Balaban J connectivity index is 2.15. The normalized spacial score (nSPS) is 11.1. The number of pyridine rings is 1. The van der Waals surface area contributed by atoms with Gasteiger partial charge in [-0.05, 0) is 36.2 Å². The molecule has 20 heavy (non-hydrogen) atoms. The van der Waals surface area contributed by atoms with Crippen LogP contribution in [0, 0.1) is 0 Å². The van der Waals surface area contributed by atoms with Gasteiger partial charge in [0, 0.05) is 11.6 Å². The summed E-state index contributed by atoms with van der Waals surface area (Å²) in [5.41, 5.74) is 4.22. The van der Waals surface area contributed by atoms with Gasteiger partial charge in [-0.15, -0.1) is 11.6 Å². The number of aryl methyl sites for hydroxylation is 1. The minimum atomic E-state index is 0.499. The van der Waals surface area contributed by atoms with Crippen molar-refractivity contribution < 1.29 is 0 Å². The van der Waals surface area contributed by atoms with Gasteiger partial charge in [-0.3, -0.25) is 4.57 Å². The molecule has 0 saturated carbocycles. The molecule has 102 valence electrons. The molecular formula is C16H16ClN3. The lowest BCUT2D eigenvalue weighted by atomic mass is 10.2. The number of halogens is 1. The maximum absolute atomic E-state index is 6.00. The van der Waals surface area contributed by atoms with Gasteiger partial charge in [0.25, 0.3) is 0 Å². The van der Waals surface area contributed by atoms with Gasteiger partial charge in [0.1, 0.15) is 12.1 Å². The van der Waals surface area contributed by atoms with Crippen LogP contribution in [0.5, 0.6) is 0 Å². The van der Waals surface area contributed by atoms with Crippen LogP contribution in [0.4, 0.5) is 0 Å². The van der Waals surface area contributed by atoms with Crippen LogP contribution in [-0.2, 0) is 12.3 Å². The molecule has 3 nitrogen and oxygen atoms in total. The summed E-state index contributed by atoms with van der Waals surface area (Å²) in [6.45, 7) is 2.15. The van der Waals surface area contributed by atoms with Gasteiger partial charge in [0.05, 0.1) is 11.0 Å². The predicted octanol–water partition coefficient (Wildman–Crippen LogP) is 4.11. The first-order chi connectivity index (χ1) is 9.81. The molecule has 2 aromatic heterocycles. The van der Waals surface area contributed by atoms with E-state index < -0.39 is 0 Å². The Morgan fingerprint density at radius 3 is 2.85 bits per heavy atom. The Kier molecular flexibility index (Phi) is 3.70. The molecule has 0 saturated heterocycles. The number of fused-ring (bicyclic) bond motifs is 1. The van der Waals surface area contributed by atoms with Gasteiger partial charge in [0.15, 0.2) is 0 Å². The highest BCUT2D eigenvalue weighted by Crippen LogP contribution is 2.19. The van der Waals surface area contributed by atoms with Crippen molar-refractivity contribution in [2.45, 2.75) is 25.6 Å². The molecule has 3 rings (SSSR count). The topological polar surface area (TPSA) is 30.7 Å². The summed E-state index contributed by atoms with van der Waals surface area (Å²) in [6.07, 6.45) is 3.86. The zero-order valence-corrected chi connectivity index (χ0v) is 12.1. The van der Waals surface area contributed by atoms with E-state index in [2.05, 4.69) is 24.0 Å². The van der Waals surface area contributed by atoms with Crippen LogP contribution in [0.3, 0.4) is 0 Å². The van der Waals surface area contributed by atoms with Crippen molar-refractivity contribution in [3.63, 3.8) is 0 Å². The summed E-state index contributed by atoms with van der Waals surface area (Å²) in [5.74, 6) is 1.39. The lowest BCUT2D eigenvalue weighted by molar-refractivity contribution is 0.863. The van der Waals surface area contributed by atoms with Crippen molar-refractivity contribution in [3.05, 3.63) is 54.0 Å². The second-order valence-corrected chi connectivity index (χ2v) is 5.08. The highest BCUT2D eigenvalue weighted by molar-refractivity contribution is 6.17. The Hall–Kier alpha value is -1.87. The Morgan fingerprint density at radius 2 is 2.05 bits per heavy atom. The highest BCUT2D eigenvalue weighted by atomic mass is 35.5. The van der Waals surface area contributed by atoms with Crippen molar-refractivity contribution in [1.82, 2.24) is 14.5 Å². The quantitative estimate of drug-likeness (QED) is 0.675. The summed E-state index contributed by atoms with van der Waals surface area (Å²) in [6, 6.07) is 12.2. The molecule has 0 aliphatic carbocycles. The van der Waals surface area contributed by atoms with Gasteiger partial charge in [-0.2, -0.15) is 0 Å². The van der Waals surface area contributed by atoms with E-state index in [9.17, 15) is 0 Å². The largest absolute Gasteiger partial charge is 0.283 e. The minimum absolute atomic E-state index is 0.499. The van der Waals surface area contributed by atoms with Crippen LogP contribution in [0.2, 0.25) is 0 Å². The maximum atomic E-state index is 6.00. The van der Waals surface area contributed by atoms with Gasteiger partial charge < -0.3 is 0 Å². The van der Waals surface area contributed by atoms with E-state index in [0.717, 1.165) is 41.0 Å². The Morgan fingerprint density at radius 1 is 1.20 bits per heavy atom. The number of benzene rings is 1. The molecule has 0 spiro atoms. The minimum Gasteiger partial charge on any atom is -0.283 e. The van der Waals surface area contributed by atoms with Gasteiger partial charge in [-0.1, -0.05) is 25.5 Å². The van der Waals surface area contributed by atoms with Crippen molar-refractivity contribution in [2.24, 2.45) is 0 Å². The summed E-state index contributed by atoms with van der Waals surface area (Å²) in [5, 5.41) is 0. The molecule has 3 aromatic rings. The van der Waals surface area contributed by atoms with E-state index in [4.69, 9.17) is 16.6 Å². The van der Waals surface area contributed by atoms with Crippen molar-refractivity contribution >= 4 is 22.6 Å². The van der Waals surface area contributed by atoms with Crippen LogP contribution >= 0.6 is 11.6 Å². The molecule has 0 fully saturated rings. The summed E-state index contributed by atoms with van der Waals surface area (Å²) in [7, 11) is 0. The smallest absolute Gasteiger partial charge is 0.138 e. The molecule has 4 heteroatoms. The first kappa shape index (κ1) is 13.1. The fourth-order valence-electron chi connectivity index (χ4n) is 2.36. The second kappa shape index (κ2) is 5.63. The van der Waals surface area contributed by atoms with E-state index in [0.29, 0.717) is 5.88 Å². The van der Waals surface area contributed by atoms with E-state index >= 15 is 0 Å². The van der Waals surface area contributed by atoms with Crippen molar-refractivity contribution in [3.8, 4) is 5.82 Å². The highest BCUT2D eigenvalue weighted by Gasteiger charge is 2.08. The number of para-hydroxylation sites is 2. The van der Waals surface area contributed by atoms with Crippen LogP contribution < -0.4 is 0 Å². The number of hydrogen-bond acceptors (Lipinski definition) is 2. The predicted molar refractivity (Wildman–Crippen MR) is 82.4 cm³/mol. The van der Waals surface area contributed by atoms with Gasteiger partial charge in [0.2, 0.25) is 0 Å². The van der Waals surface area contributed by atoms with Gasteiger partial charge >= 0.3 is 0 Å². The van der Waals surface area contributed by atoms with Crippen LogP contribution in [0.25, 0.3) is 16.9 Å². The fourth-order valence-corrected chi connectivity index (χ4v) is 2.51. The molecule has 0 bridgehead atoms. The molecule has 0 amide bonds. The molecule has 0 aliphatic heterocycles. The third-order valence-corrected chi connectivity index (χ3v) is 3.59. The lowest BCUT2D eigenvalue weighted by Gasteiger charge is -2.08. The third kappa shape index (κ3) is 2.41. The third-order valence-electron chi connectivity index (χ3n) is 3.29. The molecular weight excluding hydrogens is 270 g/mol. The van der Waals surface area contributed by atoms with E-state index in [-0.39, 0.29) is 0 Å². The number of aromatic nitrogens is 3. The first-order valence-electron chi connectivity index (χ1n) is 6.80. The fraction of sp³-hybridized carbons (Fsp3) is 0.250. The van der Waals surface area contributed by atoms with Crippen LogP contribution in [0.1, 0.15) is 24.6 Å². The average molecular weight is 286 g/mol. The zero-order chi connectivity index (χ0) is 13.9. The molecule has 2 heterocycles. The summed E-state index contributed by atoms with van der Waals surface area (Å²) in [4.78, 5) is 9.14. The average Bonchev–Trinajstić information content (AvgIpc) is 2.91. The molecule has 0 radical (unpaired) electrons.